The quantitative estimate of drug-likeness (QED) is 0.494. The highest BCUT2D eigenvalue weighted by Gasteiger charge is 2.30. The molecule has 0 aliphatic carbocycles. The first-order chi connectivity index (χ1) is 13.8. The minimum Gasteiger partial charge on any atom is -0.316 e. The van der Waals surface area contributed by atoms with Crippen LogP contribution >= 0.6 is 0 Å². The van der Waals surface area contributed by atoms with Crippen LogP contribution in [-0.2, 0) is 6.18 Å². The molecule has 2 heterocycles. The molecule has 0 atom stereocenters. The van der Waals surface area contributed by atoms with Crippen molar-refractivity contribution in [2.45, 2.75) is 26.4 Å². The zero-order chi connectivity index (χ0) is 20.6. The average molecular weight is 398 g/mol. The van der Waals surface area contributed by atoms with E-state index in [0.29, 0.717) is 5.92 Å². The molecule has 152 valence electrons. The molecule has 0 amide bonds. The molecule has 0 radical (unpaired) electrons. The van der Waals surface area contributed by atoms with Crippen LogP contribution in [0.15, 0.2) is 60.8 Å². The molecule has 1 aromatic heterocycles. The summed E-state index contributed by atoms with van der Waals surface area (Å²) in [4.78, 5) is 2.46. The Labute approximate surface area is 169 Å². The highest BCUT2D eigenvalue weighted by atomic mass is 19.4. The van der Waals surface area contributed by atoms with Crippen molar-refractivity contribution in [1.82, 2.24) is 9.47 Å². The van der Waals surface area contributed by atoms with Crippen molar-refractivity contribution in [3.63, 3.8) is 0 Å². The molecule has 0 spiro atoms. The molecule has 2 aromatic carbocycles. The van der Waals surface area contributed by atoms with Crippen molar-refractivity contribution >= 4 is 16.5 Å². The Hall–Kier alpha value is -2.53. The zero-order valence-electron chi connectivity index (χ0n) is 16.7. The van der Waals surface area contributed by atoms with Gasteiger partial charge >= 0.3 is 6.18 Å². The van der Waals surface area contributed by atoms with Gasteiger partial charge in [0.15, 0.2) is 0 Å². The van der Waals surface area contributed by atoms with Crippen LogP contribution in [0.4, 0.5) is 13.2 Å². The number of aromatic nitrogens is 1. The van der Waals surface area contributed by atoms with Crippen molar-refractivity contribution in [3.8, 4) is 5.69 Å². The lowest BCUT2D eigenvalue weighted by molar-refractivity contribution is -0.137. The van der Waals surface area contributed by atoms with E-state index in [0.717, 1.165) is 54.8 Å². The van der Waals surface area contributed by atoms with E-state index in [1.165, 1.54) is 11.1 Å². The van der Waals surface area contributed by atoms with Crippen LogP contribution in [0, 0.1) is 5.92 Å². The van der Waals surface area contributed by atoms with E-state index in [-0.39, 0.29) is 0 Å². The molecule has 2 nitrogen and oxygen atoms in total. The van der Waals surface area contributed by atoms with Crippen LogP contribution in [0.3, 0.4) is 0 Å². The molecule has 5 heteroatoms. The molecule has 0 N–H and O–H groups in total. The van der Waals surface area contributed by atoms with Crippen molar-refractivity contribution in [3.05, 3.63) is 71.9 Å². The van der Waals surface area contributed by atoms with E-state index < -0.39 is 11.7 Å². The lowest BCUT2D eigenvalue weighted by Crippen LogP contribution is -2.31. The number of halogens is 3. The van der Waals surface area contributed by atoms with Gasteiger partial charge in [-0.05, 0) is 48.2 Å². The molecule has 0 fully saturated rings. The van der Waals surface area contributed by atoms with Crippen LogP contribution in [0.5, 0.6) is 0 Å². The minimum absolute atomic E-state index is 0.627. The fraction of sp³-hybridized carbons (Fsp3) is 0.333. The molecule has 0 saturated carbocycles. The Morgan fingerprint density at radius 2 is 1.72 bits per heavy atom. The first kappa shape index (κ1) is 19.8. The van der Waals surface area contributed by atoms with E-state index in [9.17, 15) is 13.2 Å². The molecule has 1 aliphatic rings. The molecule has 0 unspecified atom stereocenters. The molecule has 29 heavy (non-hydrogen) atoms. The first-order valence-corrected chi connectivity index (χ1v) is 10.0. The van der Waals surface area contributed by atoms with Gasteiger partial charge in [0.1, 0.15) is 0 Å². The van der Waals surface area contributed by atoms with Crippen LogP contribution in [-0.4, -0.2) is 29.1 Å². The molecular weight excluding hydrogens is 373 g/mol. The van der Waals surface area contributed by atoms with E-state index >= 15 is 0 Å². The summed E-state index contributed by atoms with van der Waals surface area (Å²) in [5.41, 5.74) is 3.60. The Morgan fingerprint density at radius 1 is 1.00 bits per heavy atom. The second kappa shape index (κ2) is 7.71. The summed E-state index contributed by atoms with van der Waals surface area (Å²) < 4.78 is 40.7. The van der Waals surface area contributed by atoms with Gasteiger partial charge in [-0.2, -0.15) is 13.2 Å². The summed E-state index contributed by atoms with van der Waals surface area (Å²) >= 11 is 0. The van der Waals surface area contributed by atoms with Gasteiger partial charge in [0.2, 0.25) is 0 Å². The van der Waals surface area contributed by atoms with Crippen molar-refractivity contribution < 1.29 is 13.2 Å². The Morgan fingerprint density at radius 3 is 2.34 bits per heavy atom. The van der Waals surface area contributed by atoms with Gasteiger partial charge in [-0.1, -0.05) is 38.1 Å². The van der Waals surface area contributed by atoms with E-state index in [1.807, 2.05) is 22.8 Å². The monoisotopic (exact) mass is 398 g/mol. The first-order valence-electron chi connectivity index (χ1n) is 10.0. The lowest BCUT2D eigenvalue weighted by atomic mass is 9.98. The van der Waals surface area contributed by atoms with Crippen molar-refractivity contribution in [1.29, 1.82) is 0 Å². The Kier molecular flexibility index (Phi) is 5.26. The number of hydrogen-bond donors (Lipinski definition) is 0. The second-order valence-corrected chi connectivity index (χ2v) is 8.11. The number of benzene rings is 2. The van der Waals surface area contributed by atoms with Gasteiger partial charge in [-0.3, -0.25) is 4.90 Å². The fourth-order valence-electron chi connectivity index (χ4n) is 4.10. The third kappa shape index (κ3) is 4.10. The molecule has 3 aromatic rings. The van der Waals surface area contributed by atoms with Gasteiger partial charge < -0.3 is 4.57 Å². The predicted octanol–water partition coefficient (Wildman–Crippen LogP) is 6.39. The third-order valence-electron chi connectivity index (χ3n) is 5.45. The summed E-state index contributed by atoms with van der Waals surface area (Å²) in [6, 6.07) is 13.5. The average Bonchev–Trinajstić information content (AvgIpc) is 3.07. The number of rotatable bonds is 4. The summed E-state index contributed by atoms with van der Waals surface area (Å²) in [5.74, 6) is 0.645. The highest BCUT2D eigenvalue weighted by Crippen LogP contribution is 2.34. The summed E-state index contributed by atoms with van der Waals surface area (Å²) in [5, 5.41) is 1.14. The second-order valence-electron chi connectivity index (χ2n) is 8.11. The largest absolute Gasteiger partial charge is 0.416 e. The zero-order valence-corrected chi connectivity index (χ0v) is 16.7. The number of para-hydroxylation sites is 1. The summed E-state index contributed by atoms with van der Waals surface area (Å²) in [6.07, 6.45) is 1.02. The minimum atomic E-state index is -4.32. The van der Waals surface area contributed by atoms with Gasteiger partial charge in [0.05, 0.1) is 11.1 Å². The summed E-state index contributed by atoms with van der Waals surface area (Å²) in [6.45, 7) is 7.53. The van der Waals surface area contributed by atoms with E-state index in [2.05, 4.69) is 37.1 Å². The SMILES string of the molecule is CC(C)CN1CC=C(c2cn(-c3ccc(C(F)(F)F)cc3)c3ccccc23)CC1. The van der Waals surface area contributed by atoms with Crippen molar-refractivity contribution in [2.24, 2.45) is 5.92 Å². The van der Waals surface area contributed by atoms with Gasteiger partial charge in [-0.15, -0.1) is 0 Å². The maximum Gasteiger partial charge on any atom is 0.416 e. The smallest absolute Gasteiger partial charge is 0.316 e. The molecule has 0 bridgehead atoms. The Bertz CT molecular complexity index is 1030. The number of hydrogen-bond acceptors (Lipinski definition) is 1. The van der Waals surface area contributed by atoms with Crippen LogP contribution < -0.4 is 0 Å². The number of nitrogens with zero attached hydrogens (tertiary/aromatic N) is 2. The molecule has 4 rings (SSSR count). The highest BCUT2D eigenvalue weighted by molar-refractivity contribution is 5.94. The topological polar surface area (TPSA) is 8.17 Å². The normalized spacial score (nSPS) is 15.9. The summed E-state index contributed by atoms with van der Waals surface area (Å²) in [7, 11) is 0. The van der Waals surface area contributed by atoms with Gasteiger partial charge in [0.25, 0.3) is 0 Å². The lowest BCUT2D eigenvalue weighted by Gasteiger charge is -2.27. The van der Waals surface area contributed by atoms with Crippen molar-refractivity contribution in [2.75, 3.05) is 19.6 Å². The maximum absolute atomic E-state index is 12.9. The predicted molar refractivity (Wildman–Crippen MR) is 112 cm³/mol. The Balaban J connectivity index is 1.70. The van der Waals surface area contributed by atoms with E-state index in [4.69, 9.17) is 0 Å². The van der Waals surface area contributed by atoms with Crippen LogP contribution in [0.2, 0.25) is 0 Å². The molecule has 0 saturated heterocycles. The molecule has 1 aliphatic heterocycles. The third-order valence-corrected chi connectivity index (χ3v) is 5.45. The molecular formula is C24H25F3N2. The number of alkyl halides is 3. The van der Waals surface area contributed by atoms with Gasteiger partial charge in [-0.25, -0.2) is 0 Å². The standard InChI is InChI=1S/C24H25F3N2/c1-17(2)15-28-13-11-18(12-14-28)22-16-29(23-6-4-3-5-21(22)23)20-9-7-19(8-10-20)24(25,26)27/h3-11,16-17H,12-15H2,1-2H3. The van der Waals surface area contributed by atoms with Crippen LogP contribution in [0.1, 0.15) is 31.4 Å². The van der Waals surface area contributed by atoms with Crippen LogP contribution in [0.25, 0.3) is 22.2 Å². The van der Waals surface area contributed by atoms with Gasteiger partial charge in [0, 0.05) is 42.5 Å². The van der Waals surface area contributed by atoms with E-state index in [1.54, 1.807) is 12.1 Å². The fourth-order valence-corrected chi connectivity index (χ4v) is 4.10. The number of fused-ring (bicyclic) bond motifs is 1. The maximum atomic E-state index is 12.9.